The number of esters is 1. The normalized spacial score (nSPS) is 14.0. The van der Waals surface area contributed by atoms with E-state index >= 15 is 0 Å². The van der Waals surface area contributed by atoms with Crippen molar-refractivity contribution in [1.82, 2.24) is 0 Å². The van der Waals surface area contributed by atoms with E-state index in [1.54, 1.807) is 20.8 Å². The minimum absolute atomic E-state index is 0.186. The van der Waals surface area contributed by atoms with Crippen LogP contribution in [0.15, 0.2) is 0 Å². The van der Waals surface area contributed by atoms with Gasteiger partial charge >= 0.3 is 17.9 Å². The van der Waals surface area contributed by atoms with Crippen molar-refractivity contribution in [3.63, 3.8) is 0 Å². The molecule has 0 aliphatic rings. The van der Waals surface area contributed by atoms with Crippen LogP contribution in [-0.4, -0.2) is 34.7 Å². The molecule has 7 nitrogen and oxygen atoms in total. The molecule has 0 spiro atoms. The van der Waals surface area contributed by atoms with E-state index in [0.717, 1.165) is 19.3 Å². The lowest BCUT2D eigenvalue weighted by Crippen LogP contribution is -2.35. The van der Waals surface area contributed by atoms with Gasteiger partial charge in [-0.05, 0) is 33.6 Å². The van der Waals surface area contributed by atoms with Crippen molar-refractivity contribution in [3.05, 3.63) is 0 Å². The average molecular weight is 332 g/mol. The molecule has 0 bridgehead atoms. The molecule has 0 heterocycles. The summed E-state index contributed by atoms with van der Waals surface area (Å²) in [7, 11) is 0. The molecule has 134 valence electrons. The van der Waals surface area contributed by atoms with E-state index in [-0.39, 0.29) is 12.3 Å². The van der Waals surface area contributed by atoms with Crippen molar-refractivity contribution in [2.75, 3.05) is 0 Å². The van der Waals surface area contributed by atoms with Crippen molar-refractivity contribution in [2.45, 2.75) is 78.4 Å². The van der Waals surface area contributed by atoms with Crippen LogP contribution in [0.5, 0.6) is 0 Å². The zero-order valence-electron chi connectivity index (χ0n) is 14.6. The first-order valence-electron chi connectivity index (χ1n) is 7.96. The number of hydrogen-bond acceptors (Lipinski definition) is 6. The first-order chi connectivity index (χ1) is 10.6. The Labute approximate surface area is 137 Å². The standard InChI is InChI=1S/C16H28O7/c1-6-8-9-12(7-2)14(19)23-22-11(3)10-16(4,5)21-15(20)13(17)18/h11-12H,6-10H2,1-5H3,(H,17,18). The number of unbranched alkanes of at least 4 members (excludes halogenated alkanes) is 1. The molecule has 0 fully saturated rings. The third-order valence-electron chi connectivity index (χ3n) is 3.35. The fourth-order valence-electron chi connectivity index (χ4n) is 2.20. The Kier molecular flexibility index (Phi) is 9.48. The lowest BCUT2D eigenvalue weighted by Gasteiger charge is -2.26. The molecule has 23 heavy (non-hydrogen) atoms. The summed E-state index contributed by atoms with van der Waals surface area (Å²) in [5.41, 5.74) is -1.05. The van der Waals surface area contributed by atoms with Crippen LogP contribution in [0.25, 0.3) is 0 Å². The third kappa shape index (κ3) is 9.18. The van der Waals surface area contributed by atoms with Gasteiger partial charge in [0.25, 0.3) is 0 Å². The van der Waals surface area contributed by atoms with Crippen LogP contribution in [0.3, 0.4) is 0 Å². The minimum Gasteiger partial charge on any atom is -0.473 e. The van der Waals surface area contributed by atoms with Gasteiger partial charge in [0.1, 0.15) is 11.7 Å². The van der Waals surface area contributed by atoms with Gasteiger partial charge in [-0.3, -0.25) is 4.89 Å². The van der Waals surface area contributed by atoms with Crippen molar-refractivity contribution in [1.29, 1.82) is 0 Å². The Morgan fingerprint density at radius 1 is 1.17 bits per heavy atom. The molecule has 0 amide bonds. The summed E-state index contributed by atoms with van der Waals surface area (Å²) in [6.07, 6.45) is 3.03. The number of carbonyl (C=O) groups excluding carboxylic acids is 2. The van der Waals surface area contributed by atoms with Crippen LogP contribution in [0, 0.1) is 5.92 Å². The Hall–Kier alpha value is -1.63. The van der Waals surface area contributed by atoms with Crippen LogP contribution in [0.1, 0.15) is 66.7 Å². The summed E-state index contributed by atoms with van der Waals surface area (Å²) in [5.74, 6) is -3.59. The van der Waals surface area contributed by atoms with Crippen molar-refractivity contribution < 1.29 is 34.0 Å². The van der Waals surface area contributed by atoms with Crippen LogP contribution in [0.2, 0.25) is 0 Å². The van der Waals surface area contributed by atoms with E-state index in [1.165, 1.54) is 0 Å². The summed E-state index contributed by atoms with van der Waals surface area (Å²) in [4.78, 5) is 43.4. The van der Waals surface area contributed by atoms with Crippen LogP contribution < -0.4 is 0 Å². The number of ether oxygens (including phenoxy) is 1. The second kappa shape index (κ2) is 10.2. The third-order valence-corrected chi connectivity index (χ3v) is 3.35. The summed E-state index contributed by atoms with van der Waals surface area (Å²) in [5, 5.41) is 8.54. The zero-order chi connectivity index (χ0) is 18.0. The lowest BCUT2D eigenvalue weighted by atomic mass is 10.00. The summed E-state index contributed by atoms with van der Waals surface area (Å²) in [6.45, 7) is 8.74. The smallest absolute Gasteiger partial charge is 0.417 e. The topological polar surface area (TPSA) is 99.1 Å². The fraction of sp³-hybridized carbons (Fsp3) is 0.812. The van der Waals surface area contributed by atoms with Crippen molar-refractivity contribution in [2.24, 2.45) is 5.92 Å². The Bertz CT molecular complexity index is 403. The highest BCUT2D eigenvalue weighted by atomic mass is 17.2. The number of carboxylic acids is 1. The predicted octanol–water partition coefficient (Wildman–Crippen LogP) is 2.86. The number of carbonyl (C=O) groups is 3. The maximum Gasteiger partial charge on any atom is 0.417 e. The van der Waals surface area contributed by atoms with Gasteiger partial charge in [0.05, 0.1) is 5.92 Å². The molecule has 0 aromatic rings. The Morgan fingerprint density at radius 2 is 1.78 bits per heavy atom. The van der Waals surface area contributed by atoms with E-state index in [1.807, 2.05) is 6.92 Å². The molecule has 2 unspecified atom stereocenters. The summed E-state index contributed by atoms with van der Waals surface area (Å²) < 4.78 is 4.84. The van der Waals surface area contributed by atoms with Gasteiger partial charge < -0.3 is 9.84 Å². The molecule has 7 heteroatoms. The molecule has 0 aliphatic heterocycles. The molecule has 0 aromatic heterocycles. The largest absolute Gasteiger partial charge is 0.473 e. The highest BCUT2D eigenvalue weighted by Crippen LogP contribution is 2.20. The molecule has 0 saturated carbocycles. The highest BCUT2D eigenvalue weighted by molar-refractivity contribution is 6.28. The molecule has 0 saturated heterocycles. The molecule has 0 rings (SSSR count). The van der Waals surface area contributed by atoms with Gasteiger partial charge in [-0.2, -0.15) is 4.89 Å². The second-order valence-electron chi connectivity index (χ2n) is 6.22. The molecule has 0 aliphatic carbocycles. The first-order valence-corrected chi connectivity index (χ1v) is 7.96. The van der Waals surface area contributed by atoms with E-state index in [9.17, 15) is 14.4 Å². The number of carboxylic acid groups (broad SMARTS) is 1. The van der Waals surface area contributed by atoms with Gasteiger partial charge in [0, 0.05) is 6.42 Å². The quantitative estimate of drug-likeness (QED) is 0.284. The average Bonchev–Trinajstić information content (AvgIpc) is 2.44. The van der Waals surface area contributed by atoms with Crippen molar-refractivity contribution in [3.8, 4) is 0 Å². The lowest BCUT2D eigenvalue weighted by molar-refractivity contribution is -0.303. The SMILES string of the molecule is CCCCC(CC)C(=O)OOC(C)CC(C)(C)OC(=O)C(=O)O. The molecule has 0 radical (unpaired) electrons. The maximum absolute atomic E-state index is 11.9. The van der Waals surface area contributed by atoms with Crippen molar-refractivity contribution >= 4 is 17.9 Å². The van der Waals surface area contributed by atoms with E-state index in [2.05, 4.69) is 6.92 Å². The molecular weight excluding hydrogens is 304 g/mol. The van der Waals surface area contributed by atoms with Crippen LogP contribution in [0.4, 0.5) is 0 Å². The molecular formula is C16H28O7. The first kappa shape index (κ1) is 21.4. The van der Waals surface area contributed by atoms with E-state index in [0.29, 0.717) is 6.42 Å². The van der Waals surface area contributed by atoms with E-state index < -0.39 is 29.6 Å². The zero-order valence-corrected chi connectivity index (χ0v) is 14.6. The van der Waals surface area contributed by atoms with Gasteiger partial charge in [-0.15, -0.1) is 0 Å². The maximum atomic E-state index is 11.9. The Balaban J connectivity index is 4.32. The molecule has 1 N–H and O–H groups in total. The molecule has 2 atom stereocenters. The molecule has 0 aromatic carbocycles. The minimum atomic E-state index is -1.65. The highest BCUT2D eigenvalue weighted by Gasteiger charge is 2.30. The number of hydrogen-bond donors (Lipinski definition) is 1. The van der Waals surface area contributed by atoms with Crippen LogP contribution in [-0.2, 0) is 28.9 Å². The van der Waals surface area contributed by atoms with E-state index in [4.69, 9.17) is 19.6 Å². The second-order valence-corrected chi connectivity index (χ2v) is 6.22. The summed E-state index contributed by atoms with van der Waals surface area (Å²) >= 11 is 0. The number of aliphatic carboxylic acids is 1. The van der Waals surface area contributed by atoms with Gasteiger partial charge in [0.15, 0.2) is 0 Å². The predicted molar refractivity (Wildman–Crippen MR) is 82.4 cm³/mol. The van der Waals surface area contributed by atoms with Gasteiger partial charge in [-0.25, -0.2) is 14.4 Å². The number of rotatable bonds is 10. The monoisotopic (exact) mass is 332 g/mol. The fourth-order valence-corrected chi connectivity index (χ4v) is 2.20. The van der Waals surface area contributed by atoms with Crippen LogP contribution >= 0.6 is 0 Å². The Morgan fingerprint density at radius 3 is 2.26 bits per heavy atom. The summed E-state index contributed by atoms with van der Waals surface area (Å²) in [6, 6.07) is 0. The van der Waals surface area contributed by atoms with Gasteiger partial charge in [-0.1, -0.05) is 26.7 Å². The van der Waals surface area contributed by atoms with Gasteiger partial charge in [0.2, 0.25) is 0 Å².